The number of aromatic hydroxyl groups is 1. The summed E-state index contributed by atoms with van der Waals surface area (Å²) < 4.78 is 26.2. The highest BCUT2D eigenvalue weighted by Crippen LogP contribution is 2.45. The molecule has 146 valence electrons. The van der Waals surface area contributed by atoms with E-state index in [1.165, 1.54) is 27.4 Å². The van der Waals surface area contributed by atoms with E-state index < -0.39 is 0 Å². The third kappa shape index (κ3) is 4.19. The molecule has 0 unspecified atom stereocenters. The Morgan fingerprint density at radius 2 is 1.44 bits per heavy atom. The molecule has 27 heavy (non-hydrogen) atoms. The molecule has 0 aliphatic rings. The van der Waals surface area contributed by atoms with Crippen LogP contribution < -0.4 is 23.7 Å². The lowest BCUT2D eigenvalue weighted by atomic mass is 10.00. The molecule has 0 amide bonds. The SMILES string of the molecule is COc1ccc(CCC(=O)c2c(O)cc(OC)c(OC)c2OC)cc1OC. The summed E-state index contributed by atoms with van der Waals surface area (Å²) in [6.45, 7) is 0. The number of aryl methyl sites for hydroxylation is 1. The summed E-state index contributed by atoms with van der Waals surface area (Å²) >= 11 is 0. The molecular formula is C20H24O7. The van der Waals surface area contributed by atoms with Gasteiger partial charge in [0.2, 0.25) is 5.75 Å². The maximum absolute atomic E-state index is 12.8. The number of ether oxygens (including phenoxy) is 5. The van der Waals surface area contributed by atoms with Crippen molar-refractivity contribution in [1.29, 1.82) is 0 Å². The molecule has 0 atom stereocenters. The van der Waals surface area contributed by atoms with Crippen LogP contribution in [0.15, 0.2) is 24.3 Å². The Morgan fingerprint density at radius 3 is 2.00 bits per heavy atom. The van der Waals surface area contributed by atoms with Crippen molar-refractivity contribution in [2.75, 3.05) is 35.5 Å². The topological polar surface area (TPSA) is 83.5 Å². The zero-order valence-electron chi connectivity index (χ0n) is 16.1. The monoisotopic (exact) mass is 376 g/mol. The molecule has 0 bridgehead atoms. The summed E-state index contributed by atoms with van der Waals surface area (Å²) in [5, 5.41) is 10.3. The smallest absolute Gasteiger partial charge is 0.204 e. The lowest BCUT2D eigenvalue weighted by molar-refractivity contribution is 0.0976. The van der Waals surface area contributed by atoms with E-state index in [0.717, 1.165) is 5.56 Å². The number of phenolic OH excluding ortho intramolecular Hbond substituents is 1. The number of phenols is 1. The van der Waals surface area contributed by atoms with Gasteiger partial charge < -0.3 is 28.8 Å². The van der Waals surface area contributed by atoms with Crippen LogP contribution in [-0.2, 0) is 6.42 Å². The first-order valence-corrected chi connectivity index (χ1v) is 8.26. The van der Waals surface area contributed by atoms with Gasteiger partial charge in [-0.15, -0.1) is 0 Å². The maximum atomic E-state index is 12.8. The first kappa shape index (κ1) is 20.2. The van der Waals surface area contributed by atoms with E-state index in [4.69, 9.17) is 23.7 Å². The number of hydrogen-bond donors (Lipinski definition) is 1. The second-order valence-corrected chi connectivity index (χ2v) is 5.65. The summed E-state index contributed by atoms with van der Waals surface area (Å²) in [7, 11) is 7.40. The molecule has 0 spiro atoms. The van der Waals surface area contributed by atoms with Crippen molar-refractivity contribution in [3.63, 3.8) is 0 Å². The Kier molecular flexibility index (Phi) is 6.76. The number of Topliss-reactive ketones (excluding diaryl/α,β-unsaturated/α-hetero) is 1. The molecule has 0 aliphatic carbocycles. The average Bonchev–Trinajstić information content (AvgIpc) is 2.70. The van der Waals surface area contributed by atoms with Crippen LogP contribution in [-0.4, -0.2) is 46.4 Å². The molecule has 0 aromatic heterocycles. The van der Waals surface area contributed by atoms with Crippen molar-refractivity contribution < 1.29 is 33.6 Å². The second kappa shape index (κ2) is 9.02. The first-order valence-electron chi connectivity index (χ1n) is 8.26. The molecular weight excluding hydrogens is 352 g/mol. The van der Waals surface area contributed by atoms with Crippen LogP contribution in [0, 0.1) is 0 Å². The highest BCUT2D eigenvalue weighted by atomic mass is 16.5. The fraction of sp³-hybridized carbons (Fsp3) is 0.350. The van der Waals surface area contributed by atoms with E-state index in [9.17, 15) is 9.90 Å². The number of rotatable bonds is 9. The summed E-state index contributed by atoms with van der Waals surface area (Å²) in [4.78, 5) is 12.8. The van der Waals surface area contributed by atoms with Crippen LogP contribution in [0.5, 0.6) is 34.5 Å². The molecule has 2 rings (SSSR count). The zero-order valence-corrected chi connectivity index (χ0v) is 16.1. The Balaban J connectivity index is 2.28. The van der Waals surface area contributed by atoms with Crippen molar-refractivity contribution in [2.45, 2.75) is 12.8 Å². The van der Waals surface area contributed by atoms with Crippen LogP contribution in [0.1, 0.15) is 22.3 Å². The summed E-state index contributed by atoms with van der Waals surface area (Å²) in [6, 6.07) is 6.80. The van der Waals surface area contributed by atoms with Crippen molar-refractivity contribution >= 4 is 5.78 Å². The van der Waals surface area contributed by atoms with Gasteiger partial charge in [0.05, 0.1) is 35.5 Å². The predicted molar refractivity (Wildman–Crippen MR) is 100.0 cm³/mol. The van der Waals surface area contributed by atoms with Gasteiger partial charge in [-0.2, -0.15) is 0 Å². The van der Waals surface area contributed by atoms with Crippen LogP contribution >= 0.6 is 0 Å². The fourth-order valence-corrected chi connectivity index (χ4v) is 2.83. The standard InChI is InChI=1S/C20H24O7/c1-23-15-9-7-12(10-16(15)24-2)6-8-13(21)18-14(22)11-17(25-3)19(26-4)20(18)27-5/h7,9-11,22H,6,8H2,1-5H3. The minimum atomic E-state index is -0.278. The summed E-state index contributed by atoms with van der Waals surface area (Å²) in [5.41, 5.74) is 0.968. The number of benzene rings is 2. The maximum Gasteiger partial charge on any atom is 0.204 e. The Labute approximate surface area is 158 Å². The third-order valence-electron chi connectivity index (χ3n) is 4.18. The van der Waals surface area contributed by atoms with E-state index >= 15 is 0 Å². The van der Waals surface area contributed by atoms with Crippen LogP contribution in [0.2, 0.25) is 0 Å². The molecule has 0 aliphatic heterocycles. The lowest BCUT2D eigenvalue weighted by Gasteiger charge is -2.16. The molecule has 2 aromatic carbocycles. The summed E-state index contributed by atoms with van der Waals surface area (Å²) in [5.74, 6) is 1.39. The molecule has 7 heteroatoms. The van der Waals surface area contributed by atoms with Gasteiger partial charge in [0.15, 0.2) is 28.8 Å². The largest absolute Gasteiger partial charge is 0.507 e. The number of hydrogen-bond acceptors (Lipinski definition) is 7. The quantitative estimate of drug-likeness (QED) is 0.673. The highest BCUT2D eigenvalue weighted by molar-refractivity contribution is 6.02. The van der Waals surface area contributed by atoms with E-state index in [2.05, 4.69) is 0 Å². The molecule has 1 N–H and O–H groups in total. The van der Waals surface area contributed by atoms with Gasteiger partial charge in [-0.3, -0.25) is 4.79 Å². The molecule has 0 heterocycles. The zero-order chi connectivity index (χ0) is 20.0. The van der Waals surface area contributed by atoms with Gasteiger partial charge in [-0.25, -0.2) is 0 Å². The van der Waals surface area contributed by atoms with Crippen molar-refractivity contribution in [3.8, 4) is 34.5 Å². The molecule has 0 radical (unpaired) electrons. The normalized spacial score (nSPS) is 10.3. The van der Waals surface area contributed by atoms with Crippen LogP contribution in [0.4, 0.5) is 0 Å². The van der Waals surface area contributed by atoms with Crippen molar-refractivity contribution in [3.05, 3.63) is 35.4 Å². The van der Waals surface area contributed by atoms with Crippen molar-refractivity contribution in [2.24, 2.45) is 0 Å². The van der Waals surface area contributed by atoms with Crippen LogP contribution in [0.25, 0.3) is 0 Å². The van der Waals surface area contributed by atoms with Gasteiger partial charge >= 0.3 is 0 Å². The van der Waals surface area contributed by atoms with E-state index in [1.54, 1.807) is 20.3 Å². The van der Waals surface area contributed by atoms with Gasteiger partial charge in [-0.1, -0.05) is 6.07 Å². The average molecular weight is 376 g/mol. The van der Waals surface area contributed by atoms with Crippen LogP contribution in [0.3, 0.4) is 0 Å². The number of carbonyl (C=O) groups excluding carboxylic acids is 1. The third-order valence-corrected chi connectivity index (χ3v) is 4.18. The van der Waals surface area contributed by atoms with E-state index in [-0.39, 0.29) is 40.8 Å². The highest BCUT2D eigenvalue weighted by Gasteiger charge is 2.25. The Hall–Kier alpha value is -3.09. The number of carbonyl (C=O) groups is 1. The second-order valence-electron chi connectivity index (χ2n) is 5.65. The number of ketones is 1. The fourth-order valence-electron chi connectivity index (χ4n) is 2.83. The predicted octanol–water partition coefficient (Wildman–Crippen LogP) is 3.25. The van der Waals surface area contributed by atoms with Gasteiger partial charge in [0.25, 0.3) is 0 Å². The van der Waals surface area contributed by atoms with E-state index in [0.29, 0.717) is 17.9 Å². The van der Waals surface area contributed by atoms with Gasteiger partial charge in [-0.05, 0) is 24.1 Å². The Bertz CT molecular complexity index is 814. The van der Waals surface area contributed by atoms with Gasteiger partial charge in [0, 0.05) is 12.5 Å². The summed E-state index contributed by atoms with van der Waals surface area (Å²) in [6.07, 6.45) is 0.616. The van der Waals surface area contributed by atoms with Gasteiger partial charge in [0.1, 0.15) is 11.3 Å². The van der Waals surface area contributed by atoms with E-state index in [1.807, 2.05) is 12.1 Å². The molecule has 2 aromatic rings. The minimum Gasteiger partial charge on any atom is -0.507 e. The molecule has 0 saturated carbocycles. The lowest BCUT2D eigenvalue weighted by Crippen LogP contribution is -2.07. The first-order chi connectivity index (χ1) is 13.0. The minimum absolute atomic E-state index is 0.0654. The molecule has 0 fully saturated rings. The van der Waals surface area contributed by atoms with Crippen molar-refractivity contribution in [1.82, 2.24) is 0 Å². The number of methoxy groups -OCH3 is 5. The Morgan fingerprint density at radius 1 is 0.815 bits per heavy atom. The molecule has 7 nitrogen and oxygen atoms in total. The molecule has 0 saturated heterocycles.